The number of anilines is 1. The molecule has 0 aliphatic carbocycles. The normalized spacial score (nSPS) is 11.5. The minimum Gasteiger partial charge on any atom is -0.352 e. The van der Waals surface area contributed by atoms with Gasteiger partial charge in [-0.15, -0.1) is 0 Å². The summed E-state index contributed by atoms with van der Waals surface area (Å²) in [5.41, 5.74) is 1.96. The number of imidazole rings is 1. The Bertz CT molecular complexity index is 770. The molecule has 0 fully saturated rings. The van der Waals surface area contributed by atoms with Gasteiger partial charge in [-0.1, -0.05) is 13.8 Å². The van der Waals surface area contributed by atoms with Crippen molar-refractivity contribution in [3.63, 3.8) is 0 Å². The van der Waals surface area contributed by atoms with Crippen LogP contribution in [0.1, 0.15) is 38.2 Å². The molecule has 22 heavy (non-hydrogen) atoms. The Labute approximate surface area is 130 Å². The highest BCUT2D eigenvalue weighted by Crippen LogP contribution is 2.22. The molecule has 0 radical (unpaired) electrons. The zero-order chi connectivity index (χ0) is 15.7. The second-order valence-corrected chi connectivity index (χ2v) is 5.78. The van der Waals surface area contributed by atoms with Crippen LogP contribution in [0, 0.1) is 0 Å². The minimum absolute atomic E-state index is 0.379. The Balaban J connectivity index is 1.99. The van der Waals surface area contributed by atoms with Crippen molar-refractivity contribution in [1.82, 2.24) is 24.1 Å². The molecule has 0 atom stereocenters. The second kappa shape index (κ2) is 5.79. The molecule has 6 nitrogen and oxygen atoms in total. The largest absolute Gasteiger partial charge is 0.352 e. The monoisotopic (exact) mass is 298 g/mol. The lowest BCUT2D eigenvalue weighted by atomic mass is 10.1. The summed E-state index contributed by atoms with van der Waals surface area (Å²) < 4.78 is 4.03. The van der Waals surface area contributed by atoms with E-state index in [1.807, 2.05) is 23.0 Å². The molecule has 3 aromatic rings. The highest BCUT2D eigenvalue weighted by atomic mass is 15.3. The molecular weight excluding hydrogens is 276 g/mol. The van der Waals surface area contributed by atoms with Crippen LogP contribution in [0.5, 0.6) is 0 Å². The second-order valence-electron chi connectivity index (χ2n) is 5.78. The standard InChI is InChI=1S/C16H22N6/c1-5-21-9-8-17-15(21)11-20(4)16-10-13(12(2)3)19-14-6-7-18-22(14)16/h6-10,12H,5,11H2,1-4H3. The lowest BCUT2D eigenvalue weighted by molar-refractivity contribution is 0.677. The molecular formula is C16H22N6. The first-order valence-electron chi connectivity index (χ1n) is 7.66. The molecule has 116 valence electrons. The first-order chi connectivity index (χ1) is 10.6. The van der Waals surface area contributed by atoms with E-state index in [0.29, 0.717) is 5.92 Å². The van der Waals surface area contributed by atoms with Crippen molar-refractivity contribution in [2.24, 2.45) is 0 Å². The molecule has 3 aromatic heterocycles. The fourth-order valence-electron chi connectivity index (χ4n) is 2.56. The average Bonchev–Trinajstić information content (AvgIpc) is 3.13. The average molecular weight is 298 g/mol. The van der Waals surface area contributed by atoms with E-state index in [1.54, 1.807) is 6.20 Å². The van der Waals surface area contributed by atoms with Gasteiger partial charge in [0.1, 0.15) is 11.6 Å². The zero-order valence-corrected chi connectivity index (χ0v) is 13.6. The molecule has 0 spiro atoms. The Kier molecular flexibility index (Phi) is 3.83. The summed E-state index contributed by atoms with van der Waals surface area (Å²) in [5, 5.41) is 4.40. The van der Waals surface area contributed by atoms with Gasteiger partial charge in [0.05, 0.1) is 12.7 Å². The fraction of sp³-hybridized carbons (Fsp3) is 0.438. The molecule has 0 aliphatic heterocycles. The van der Waals surface area contributed by atoms with Gasteiger partial charge in [0.25, 0.3) is 0 Å². The Morgan fingerprint density at radius 1 is 1.27 bits per heavy atom. The molecule has 0 bridgehead atoms. The maximum Gasteiger partial charge on any atom is 0.157 e. The SMILES string of the molecule is CCn1ccnc1CN(C)c1cc(C(C)C)nc2ccnn12. The number of rotatable bonds is 5. The van der Waals surface area contributed by atoms with Gasteiger partial charge in [0, 0.05) is 43.8 Å². The number of nitrogens with zero attached hydrogens (tertiary/aromatic N) is 6. The maximum absolute atomic E-state index is 4.66. The van der Waals surface area contributed by atoms with Crippen LogP contribution in [0.2, 0.25) is 0 Å². The van der Waals surface area contributed by atoms with Crippen molar-refractivity contribution in [2.75, 3.05) is 11.9 Å². The van der Waals surface area contributed by atoms with E-state index in [2.05, 4.69) is 58.4 Å². The van der Waals surface area contributed by atoms with E-state index in [1.165, 1.54) is 0 Å². The van der Waals surface area contributed by atoms with Gasteiger partial charge in [0.2, 0.25) is 0 Å². The number of fused-ring (bicyclic) bond motifs is 1. The number of hydrogen-bond donors (Lipinski definition) is 0. The predicted molar refractivity (Wildman–Crippen MR) is 87.1 cm³/mol. The molecule has 0 unspecified atom stereocenters. The molecule has 0 aromatic carbocycles. The molecule has 0 N–H and O–H groups in total. The molecule has 0 saturated carbocycles. The summed E-state index contributed by atoms with van der Waals surface area (Å²) in [7, 11) is 2.06. The van der Waals surface area contributed by atoms with Crippen LogP contribution in [0.25, 0.3) is 5.65 Å². The molecule has 0 amide bonds. The van der Waals surface area contributed by atoms with Crippen molar-refractivity contribution < 1.29 is 0 Å². The van der Waals surface area contributed by atoms with Gasteiger partial charge in [-0.05, 0) is 12.8 Å². The summed E-state index contributed by atoms with van der Waals surface area (Å²) >= 11 is 0. The summed E-state index contributed by atoms with van der Waals surface area (Å²) in [6.45, 7) is 8.09. The van der Waals surface area contributed by atoms with E-state index >= 15 is 0 Å². The predicted octanol–water partition coefficient (Wildman–Crippen LogP) is 2.71. The molecule has 3 heterocycles. The molecule has 3 rings (SSSR count). The van der Waals surface area contributed by atoms with Crippen molar-refractivity contribution in [1.29, 1.82) is 0 Å². The van der Waals surface area contributed by atoms with Crippen LogP contribution in [0.4, 0.5) is 5.82 Å². The van der Waals surface area contributed by atoms with Gasteiger partial charge >= 0.3 is 0 Å². The third kappa shape index (κ3) is 2.56. The summed E-state index contributed by atoms with van der Waals surface area (Å²) in [6, 6.07) is 4.06. The lowest BCUT2D eigenvalue weighted by Gasteiger charge is -2.21. The van der Waals surface area contributed by atoms with Gasteiger partial charge in [0.15, 0.2) is 5.65 Å². The van der Waals surface area contributed by atoms with Gasteiger partial charge in [-0.25, -0.2) is 9.97 Å². The Morgan fingerprint density at radius 2 is 2.09 bits per heavy atom. The Morgan fingerprint density at radius 3 is 2.82 bits per heavy atom. The van der Waals surface area contributed by atoms with Crippen LogP contribution in [0.3, 0.4) is 0 Å². The van der Waals surface area contributed by atoms with E-state index in [0.717, 1.165) is 36.1 Å². The van der Waals surface area contributed by atoms with Gasteiger partial charge < -0.3 is 9.47 Å². The maximum atomic E-state index is 4.66. The molecule has 0 aliphatic rings. The minimum atomic E-state index is 0.379. The summed E-state index contributed by atoms with van der Waals surface area (Å²) in [4.78, 5) is 11.3. The van der Waals surface area contributed by atoms with Crippen molar-refractivity contribution in [2.45, 2.75) is 39.8 Å². The molecule has 0 saturated heterocycles. The topological polar surface area (TPSA) is 51.2 Å². The third-order valence-electron chi connectivity index (χ3n) is 3.86. The van der Waals surface area contributed by atoms with Crippen LogP contribution in [-0.2, 0) is 13.1 Å². The lowest BCUT2D eigenvalue weighted by Crippen LogP contribution is -2.22. The van der Waals surface area contributed by atoms with Crippen LogP contribution in [-0.4, -0.2) is 31.2 Å². The van der Waals surface area contributed by atoms with Gasteiger partial charge in [-0.2, -0.15) is 9.61 Å². The summed E-state index contributed by atoms with van der Waals surface area (Å²) in [5.74, 6) is 2.46. The highest BCUT2D eigenvalue weighted by Gasteiger charge is 2.14. The third-order valence-corrected chi connectivity index (χ3v) is 3.86. The van der Waals surface area contributed by atoms with Crippen LogP contribution < -0.4 is 4.90 Å². The van der Waals surface area contributed by atoms with Crippen LogP contribution in [0.15, 0.2) is 30.7 Å². The summed E-state index contributed by atoms with van der Waals surface area (Å²) in [6.07, 6.45) is 5.65. The van der Waals surface area contributed by atoms with E-state index in [4.69, 9.17) is 0 Å². The molecule has 6 heteroatoms. The van der Waals surface area contributed by atoms with E-state index < -0.39 is 0 Å². The van der Waals surface area contributed by atoms with Crippen molar-refractivity contribution in [3.05, 3.63) is 42.2 Å². The zero-order valence-electron chi connectivity index (χ0n) is 13.6. The van der Waals surface area contributed by atoms with Gasteiger partial charge in [-0.3, -0.25) is 0 Å². The quantitative estimate of drug-likeness (QED) is 0.727. The highest BCUT2D eigenvalue weighted by molar-refractivity contribution is 5.50. The van der Waals surface area contributed by atoms with E-state index in [9.17, 15) is 0 Å². The Hall–Kier alpha value is -2.37. The smallest absolute Gasteiger partial charge is 0.157 e. The first-order valence-corrected chi connectivity index (χ1v) is 7.66. The van der Waals surface area contributed by atoms with Crippen LogP contribution >= 0.6 is 0 Å². The number of aromatic nitrogens is 5. The number of aryl methyl sites for hydroxylation is 1. The van der Waals surface area contributed by atoms with Crippen molar-refractivity contribution in [3.8, 4) is 0 Å². The van der Waals surface area contributed by atoms with Crippen molar-refractivity contribution >= 4 is 11.5 Å². The number of hydrogen-bond acceptors (Lipinski definition) is 4. The van der Waals surface area contributed by atoms with E-state index in [-0.39, 0.29) is 0 Å². The first kappa shape index (κ1) is 14.6. The fourth-order valence-corrected chi connectivity index (χ4v) is 2.56.